The number of nitrogens with zero attached hydrogens (tertiary/aromatic N) is 2. The van der Waals surface area contributed by atoms with Crippen molar-refractivity contribution in [3.63, 3.8) is 0 Å². The second kappa shape index (κ2) is 6.21. The van der Waals surface area contributed by atoms with Crippen LogP contribution in [0.4, 0.5) is 4.79 Å². The lowest BCUT2D eigenvalue weighted by Crippen LogP contribution is -2.55. The number of rotatable bonds is 6. The Morgan fingerprint density at radius 2 is 2.05 bits per heavy atom. The van der Waals surface area contributed by atoms with Gasteiger partial charge in [0.25, 0.3) is 5.91 Å². The molecule has 1 rings (SSSR count). The fourth-order valence-electron chi connectivity index (χ4n) is 2.43. The van der Waals surface area contributed by atoms with Gasteiger partial charge in [0.1, 0.15) is 13.1 Å². The van der Waals surface area contributed by atoms with Crippen molar-refractivity contribution in [2.45, 2.75) is 32.7 Å². The van der Waals surface area contributed by atoms with E-state index in [1.165, 1.54) is 11.9 Å². The molecule has 0 aromatic rings. The van der Waals surface area contributed by atoms with Crippen molar-refractivity contribution in [3.8, 4) is 0 Å². The molecular weight excluding hydrogens is 260 g/mol. The molecule has 4 amide bonds. The molecule has 0 saturated carbocycles. The van der Waals surface area contributed by atoms with Crippen LogP contribution in [0.15, 0.2) is 0 Å². The van der Waals surface area contributed by atoms with Gasteiger partial charge in [0, 0.05) is 19.1 Å². The van der Waals surface area contributed by atoms with Gasteiger partial charge in [-0.05, 0) is 19.3 Å². The molecule has 0 spiro atoms. The topological polar surface area (TPSA) is 95.7 Å². The summed E-state index contributed by atoms with van der Waals surface area (Å²) in [6.07, 6.45) is 0.733. The van der Waals surface area contributed by atoms with Gasteiger partial charge in [-0.3, -0.25) is 14.5 Å². The van der Waals surface area contributed by atoms with Crippen molar-refractivity contribution in [1.82, 2.24) is 15.1 Å². The summed E-state index contributed by atoms with van der Waals surface area (Å²) >= 11 is 0. The number of nitrogens with one attached hydrogen (secondary N) is 1. The zero-order chi connectivity index (χ0) is 15.5. The highest BCUT2D eigenvalue weighted by atomic mass is 16.2. The quantitative estimate of drug-likeness (QED) is 0.658. The van der Waals surface area contributed by atoms with Gasteiger partial charge in [0.2, 0.25) is 5.91 Å². The number of carbonyl (C=O) groups excluding carboxylic acids is 3. The van der Waals surface area contributed by atoms with Crippen LogP contribution in [0.2, 0.25) is 0 Å². The molecule has 0 bridgehead atoms. The first kappa shape index (κ1) is 16.4. The van der Waals surface area contributed by atoms with Gasteiger partial charge >= 0.3 is 6.03 Å². The summed E-state index contributed by atoms with van der Waals surface area (Å²) in [6, 6.07) is -0.441. The van der Waals surface area contributed by atoms with Crippen molar-refractivity contribution >= 4 is 17.8 Å². The third kappa shape index (κ3) is 3.93. The summed E-state index contributed by atoms with van der Waals surface area (Å²) in [4.78, 5) is 37.6. The Hall–Kier alpha value is -1.63. The van der Waals surface area contributed by atoms with Crippen LogP contribution in [0.3, 0.4) is 0 Å². The Kier molecular flexibility index (Phi) is 5.10. The first-order chi connectivity index (χ1) is 9.18. The average molecular weight is 284 g/mol. The lowest BCUT2D eigenvalue weighted by Gasteiger charge is -2.31. The average Bonchev–Trinajstić information content (AvgIpc) is 2.55. The van der Waals surface area contributed by atoms with Gasteiger partial charge in [-0.2, -0.15) is 0 Å². The maximum atomic E-state index is 12.0. The molecule has 0 aliphatic carbocycles. The van der Waals surface area contributed by atoms with Crippen molar-refractivity contribution < 1.29 is 14.4 Å². The van der Waals surface area contributed by atoms with Crippen LogP contribution in [0.5, 0.6) is 0 Å². The highest BCUT2D eigenvalue weighted by molar-refractivity contribution is 6.04. The van der Waals surface area contributed by atoms with Crippen molar-refractivity contribution in [1.29, 1.82) is 0 Å². The molecule has 20 heavy (non-hydrogen) atoms. The first-order valence-corrected chi connectivity index (χ1v) is 6.75. The van der Waals surface area contributed by atoms with E-state index < -0.39 is 11.6 Å². The molecule has 7 nitrogen and oxygen atoms in total. The standard InChI is InChI=1S/C13H24N4O3/c1-9(2)5-13(3,8-14)15-10(18)6-17-11(19)7-16(4)12(17)20/h9H,5-8,14H2,1-4H3,(H,15,18). The van der Waals surface area contributed by atoms with E-state index in [2.05, 4.69) is 5.32 Å². The van der Waals surface area contributed by atoms with E-state index in [0.717, 1.165) is 11.3 Å². The predicted octanol–water partition coefficient (Wildman–Crippen LogP) is -0.240. The Morgan fingerprint density at radius 1 is 1.45 bits per heavy atom. The van der Waals surface area contributed by atoms with Crippen LogP contribution in [-0.2, 0) is 9.59 Å². The van der Waals surface area contributed by atoms with Crippen molar-refractivity contribution in [3.05, 3.63) is 0 Å². The highest BCUT2D eigenvalue weighted by Crippen LogP contribution is 2.15. The smallest absolute Gasteiger partial charge is 0.327 e. The monoisotopic (exact) mass is 284 g/mol. The van der Waals surface area contributed by atoms with Crippen LogP contribution in [0.25, 0.3) is 0 Å². The fourth-order valence-corrected chi connectivity index (χ4v) is 2.43. The molecule has 7 heteroatoms. The van der Waals surface area contributed by atoms with Gasteiger partial charge in [0.05, 0.1) is 0 Å². The number of nitrogens with two attached hydrogens (primary N) is 1. The van der Waals surface area contributed by atoms with Crippen LogP contribution in [0, 0.1) is 5.92 Å². The number of amides is 4. The number of hydrogen-bond donors (Lipinski definition) is 2. The number of imide groups is 1. The summed E-state index contributed by atoms with van der Waals surface area (Å²) in [6.45, 7) is 6.02. The molecular formula is C13H24N4O3. The second-order valence-corrected chi connectivity index (χ2v) is 6.03. The van der Waals surface area contributed by atoms with Crippen LogP contribution >= 0.6 is 0 Å². The van der Waals surface area contributed by atoms with E-state index in [-0.39, 0.29) is 24.9 Å². The van der Waals surface area contributed by atoms with Crippen LogP contribution in [-0.4, -0.2) is 59.9 Å². The summed E-state index contributed by atoms with van der Waals surface area (Å²) in [5.41, 5.74) is 5.19. The summed E-state index contributed by atoms with van der Waals surface area (Å²) in [5, 5.41) is 2.83. The molecule has 1 aliphatic heterocycles. The SMILES string of the molecule is CC(C)CC(C)(CN)NC(=O)CN1C(=O)CN(C)C1=O. The predicted molar refractivity (Wildman–Crippen MR) is 74.8 cm³/mol. The van der Waals surface area contributed by atoms with Crippen molar-refractivity contribution in [2.75, 3.05) is 26.7 Å². The van der Waals surface area contributed by atoms with E-state index in [9.17, 15) is 14.4 Å². The molecule has 0 aromatic carbocycles. The van der Waals surface area contributed by atoms with Gasteiger partial charge in [-0.1, -0.05) is 13.8 Å². The van der Waals surface area contributed by atoms with E-state index in [1.807, 2.05) is 20.8 Å². The van der Waals surface area contributed by atoms with Gasteiger partial charge in [-0.15, -0.1) is 0 Å². The first-order valence-electron chi connectivity index (χ1n) is 6.75. The number of carbonyl (C=O) groups is 3. The molecule has 114 valence electrons. The molecule has 1 fully saturated rings. The minimum Gasteiger partial charge on any atom is -0.348 e. The lowest BCUT2D eigenvalue weighted by atomic mass is 9.91. The largest absolute Gasteiger partial charge is 0.348 e. The van der Waals surface area contributed by atoms with E-state index in [4.69, 9.17) is 5.73 Å². The third-order valence-corrected chi connectivity index (χ3v) is 3.28. The fraction of sp³-hybridized carbons (Fsp3) is 0.769. The number of urea groups is 1. The summed E-state index contributed by atoms with van der Waals surface area (Å²) in [7, 11) is 1.53. The molecule has 1 saturated heterocycles. The molecule has 3 N–H and O–H groups in total. The van der Waals surface area contributed by atoms with Crippen LogP contribution < -0.4 is 11.1 Å². The second-order valence-electron chi connectivity index (χ2n) is 6.03. The third-order valence-electron chi connectivity index (χ3n) is 3.28. The number of hydrogen-bond acceptors (Lipinski definition) is 4. The summed E-state index contributed by atoms with van der Waals surface area (Å²) < 4.78 is 0. The van der Waals surface area contributed by atoms with Gasteiger partial charge in [-0.25, -0.2) is 4.79 Å². The van der Waals surface area contributed by atoms with E-state index >= 15 is 0 Å². The summed E-state index contributed by atoms with van der Waals surface area (Å²) in [5.74, 6) is -0.341. The molecule has 0 radical (unpaired) electrons. The highest BCUT2D eigenvalue weighted by Gasteiger charge is 2.36. The zero-order valence-electron chi connectivity index (χ0n) is 12.6. The zero-order valence-corrected chi connectivity index (χ0v) is 12.6. The molecule has 1 heterocycles. The van der Waals surface area contributed by atoms with Gasteiger partial charge in [0.15, 0.2) is 0 Å². The van der Waals surface area contributed by atoms with E-state index in [0.29, 0.717) is 12.5 Å². The minimum absolute atomic E-state index is 0.0201. The maximum absolute atomic E-state index is 12.0. The molecule has 1 atom stereocenters. The van der Waals surface area contributed by atoms with Gasteiger partial charge < -0.3 is 16.0 Å². The lowest BCUT2D eigenvalue weighted by molar-refractivity contribution is -0.131. The minimum atomic E-state index is -0.525. The number of likely N-dealkylation sites (N-methyl/N-ethyl adjacent to an activating group) is 1. The molecule has 1 aliphatic rings. The Morgan fingerprint density at radius 3 is 2.45 bits per heavy atom. The molecule has 0 aromatic heterocycles. The van der Waals surface area contributed by atoms with E-state index in [1.54, 1.807) is 0 Å². The van der Waals surface area contributed by atoms with Crippen LogP contribution in [0.1, 0.15) is 27.2 Å². The Bertz CT molecular complexity index is 410. The molecule has 1 unspecified atom stereocenters. The maximum Gasteiger partial charge on any atom is 0.327 e. The van der Waals surface area contributed by atoms with Crippen molar-refractivity contribution in [2.24, 2.45) is 11.7 Å². The normalized spacial score (nSPS) is 18.7. The Balaban J connectivity index is 2.63. The Labute approximate surface area is 119 Å².